The van der Waals surface area contributed by atoms with Gasteiger partial charge in [-0.1, -0.05) is 0 Å². The topological polar surface area (TPSA) is 65.7 Å². The molecule has 8 heteroatoms. The minimum absolute atomic E-state index is 0. The number of pyridine rings is 1. The molecule has 0 aliphatic carbocycles. The van der Waals surface area contributed by atoms with Gasteiger partial charge in [0.05, 0.1) is 0 Å². The third-order valence-corrected chi connectivity index (χ3v) is 4.14. The zero-order chi connectivity index (χ0) is 15.4. The molecule has 0 radical (unpaired) electrons. The highest BCUT2D eigenvalue weighted by atomic mass is 35.5. The van der Waals surface area contributed by atoms with Gasteiger partial charge in [-0.25, -0.2) is 4.98 Å². The number of anilines is 1. The van der Waals surface area contributed by atoms with Crippen molar-refractivity contribution in [3.05, 3.63) is 23.9 Å². The Balaban J connectivity index is 0.00000242. The molecule has 1 unspecified atom stereocenters. The van der Waals surface area contributed by atoms with Crippen LogP contribution in [0.4, 0.5) is 5.82 Å². The fourth-order valence-corrected chi connectivity index (χ4v) is 2.32. The van der Waals surface area contributed by atoms with Crippen molar-refractivity contribution in [3.63, 3.8) is 0 Å². The van der Waals surface area contributed by atoms with Gasteiger partial charge in [0.1, 0.15) is 5.82 Å². The molecule has 1 aromatic heterocycles. The Morgan fingerprint density at radius 1 is 1.35 bits per heavy atom. The van der Waals surface area contributed by atoms with Crippen molar-refractivity contribution in [2.24, 2.45) is 5.73 Å². The summed E-state index contributed by atoms with van der Waals surface area (Å²) >= 11 is 0. The molecule has 1 atom stereocenters. The first-order chi connectivity index (χ1) is 10.0. The number of rotatable bonds is 4. The van der Waals surface area contributed by atoms with E-state index in [2.05, 4.69) is 21.8 Å². The van der Waals surface area contributed by atoms with E-state index in [1.165, 1.54) is 0 Å². The van der Waals surface area contributed by atoms with Crippen LogP contribution >= 0.6 is 24.8 Å². The zero-order valence-electron chi connectivity index (χ0n) is 13.9. The number of nitrogens with zero attached hydrogens (tertiary/aromatic N) is 4. The van der Waals surface area contributed by atoms with Gasteiger partial charge in [-0.3, -0.25) is 4.79 Å². The first-order valence-electron chi connectivity index (χ1n) is 7.39. The molecule has 1 aliphatic heterocycles. The van der Waals surface area contributed by atoms with Crippen molar-refractivity contribution in [2.45, 2.75) is 13.0 Å². The first-order valence-corrected chi connectivity index (χ1v) is 7.39. The van der Waals surface area contributed by atoms with Crippen molar-refractivity contribution in [2.75, 3.05) is 51.7 Å². The maximum Gasteiger partial charge on any atom is 0.254 e. The number of aromatic nitrogens is 1. The van der Waals surface area contributed by atoms with E-state index in [0.717, 1.165) is 32.0 Å². The van der Waals surface area contributed by atoms with E-state index in [9.17, 15) is 4.79 Å². The van der Waals surface area contributed by atoms with Crippen LogP contribution in [-0.2, 0) is 0 Å². The Morgan fingerprint density at radius 3 is 2.52 bits per heavy atom. The summed E-state index contributed by atoms with van der Waals surface area (Å²) in [4.78, 5) is 23.1. The van der Waals surface area contributed by atoms with Gasteiger partial charge in [0, 0.05) is 57.6 Å². The van der Waals surface area contributed by atoms with Gasteiger partial charge in [0.15, 0.2) is 0 Å². The molecule has 1 aromatic rings. The fraction of sp³-hybridized carbons (Fsp3) is 0.600. The molecule has 0 bridgehead atoms. The normalized spacial score (nSPS) is 16.1. The lowest BCUT2D eigenvalue weighted by Crippen LogP contribution is -2.45. The van der Waals surface area contributed by atoms with Crippen molar-refractivity contribution >= 4 is 36.5 Å². The smallest absolute Gasteiger partial charge is 0.254 e. The lowest BCUT2D eigenvalue weighted by Gasteiger charge is -2.33. The molecule has 2 heterocycles. The van der Waals surface area contributed by atoms with Crippen LogP contribution < -0.4 is 10.6 Å². The maximum atomic E-state index is 12.4. The van der Waals surface area contributed by atoms with E-state index in [1.807, 2.05) is 13.0 Å². The quantitative estimate of drug-likeness (QED) is 0.867. The number of carbonyl (C=O) groups excluding carboxylic acids is 1. The van der Waals surface area contributed by atoms with Gasteiger partial charge < -0.3 is 20.4 Å². The number of hydrogen-bond donors (Lipinski definition) is 1. The molecular weight excluding hydrogens is 337 g/mol. The Bertz CT molecular complexity index is 495. The standard InChI is InChI=1S/C15H25N5O.2ClH/c1-12(11-16)19(3)15(21)13-4-5-17-14(10-13)20-8-6-18(2)7-9-20;;/h4-5,10,12H,6-9,11,16H2,1-3H3;2*1H. The molecule has 1 aliphatic rings. The molecule has 0 spiro atoms. The van der Waals surface area contributed by atoms with Gasteiger partial charge >= 0.3 is 0 Å². The number of carbonyl (C=O) groups is 1. The van der Waals surface area contributed by atoms with Gasteiger partial charge in [-0.05, 0) is 26.1 Å². The lowest BCUT2D eigenvalue weighted by molar-refractivity contribution is 0.0748. The van der Waals surface area contributed by atoms with E-state index in [1.54, 1.807) is 24.2 Å². The number of nitrogens with two attached hydrogens (primary N) is 1. The predicted molar refractivity (Wildman–Crippen MR) is 99.1 cm³/mol. The molecule has 0 saturated carbocycles. The van der Waals surface area contributed by atoms with Crippen LogP contribution in [0.5, 0.6) is 0 Å². The molecule has 2 rings (SSSR count). The molecule has 2 N–H and O–H groups in total. The minimum atomic E-state index is -0.00859. The van der Waals surface area contributed by atoms with Gasteiger partial charge in [-0.2, -0.15) is 0 Å². The highest BCUT2D eigenvalue weighted by molar-refractivity contribution is 5.94. The second kappa shape index (κ2) is 9.93. The largest absolute Gasteiger partial charge is 0.354 e. The van der Waals surface area contributed by atoms with Crippen molar-refractivity contribution in [3.8, 4) is 0 Å². The third kappa shape index (κ3) is 5.49. The van der Waals surface area contributed by atoms with Crippen LogP contribution in [0.3, 0.4) is 0 Å². The Labute approximate surface area is 150 Å². The number of likely N-dealkylation sites (N-methyl/N-ethyl adjacent to an activating group) is 2. The molecule has 1 amide bonds. The molecule has 23 heavy (non-hydrogen) atoms. The summed E-state index contributed by atoms with van der Waals surface area (Å²) < 4.78 is 0. The second-order valence-corrected chi connectivity index (χ2v) is 5.69. The van der Waals surface area contributed by atoms with E-state index in [0.29, 0.717) is 12.1 Å². The molecule has 132 valence electrons. The van der Waals surface area contributed by atoms with E-state index >= 15 is 0 Å². The van der Waals surface area contributed by atoms with E-state index in [-0.39, 0.29) is 36.8 Å². The van der Waals surface area contributed by atoms with Crippen molar-refractivity contribution < 1.29 is 4.79 Å². The van der Waals surface area contributed by atoms with Crippen LogP contribution in [0, 0.1) is 0 Å². The van der Waals surface area contributed by atoms with Gasteiger partial charge in [0.25, 0.3) is 5.91 Å². The lowest BCUT2D eigenvalue weighted by atomic mass is 10.2. The Kier molecular flexibility index (Phi) is 9.46. The number of piperazine rings is 1. The average Bonchev–Trinajstić information content (AvgIpc) is 2.53. The maximum absolute atomic E-state index is 12.4. The van der Waals surface area contributed by atoms with Crippen molar-refractivity contribution in [1.29, 1.82) is 0 Å². The van der Waals surface area contributed by atoms with Crippen LogP contribution in [0.2, 0.25) is 0 Å². The van der Waals surface area contributed by atoms with E-state index < -0.39 is 0 Å². The van der Waals surface area contributed by atoms with Crippen LogP contribution in [0.25, 0.3) is 0 Å². The molecule has 1 saturated heterocycles. The first kappa shape index (κ1) is 21.9. The van der Waals surface area contributed by atoms with Gasteiger partial charge in [-0.15, -0.1) is 24.8 Å². The van der Waals surface area contributed by atoms with Crippen LogP contribution in [-0.4, -0.2) is 73.6 Å². The van der Waals surface area contributed by atoms with Crippen LogP contribution in [0.15, 0.2) is 18.3 Å². The highest BCUT2D eigenvalue weighted by Crippen LogP contribution is 2.16. The number of halogens is 2. The van der Waals surface area contributed by atoms with Gasteiger partial charge in [0.2, 0.25) is 0 Å². The summed E-state index contributed by atoms with van der Waals surface area (Å²) in [5, 5.41) is 0. The number of amides is 1. The Morgan fingerprint density at radius 2 is 1.96 bits per heavy atom. The molecular formula is C15H27Cl2N5O. The minimum Gasteiger partial charge on any atom is -0.354 e. The monoisotopic (exact) mass is 363 g/mol. The summed E-state index contributed by atoms with van der Waals surface area (Å²) in [6, 6.07) is 3.67. The average molecular weight is 364 g/mol. The molecule has 0 aromatic carbocycles. The summed E-state index contributed by atoms with van der Waals surface area (Å²) in [5.41, 5.74) is 6.30. The Hall–Kier alpha value is -1.08. The summed E-state index contributed by atoms with van der Waals surface area (Å²) in [7, 11) is 3.91. The SMILES string of the molecule is CC(CN)N(C)C(=O)c1ccnc(N2CCN(C)CC2)c1.Cl.Cl. The summed E-state index contributed by atoms with van der Waals surface area (Å²) in [5.74, 6) is 0.869. The number of hydrogen-bond acceptors (Lipinski definition) is 5. The highest BCUT2D eigenvalue weighted by Gasteiger charge is 2.19. The summed E-state index contributed by atoms with van der Waals surface area (Å²) in [6.07, 6.45) is 1.71. The zero-order valence-corrected chi connectivity index (χ0v) is 15.6. The fourth-order valence-electron chi connectivity index (χ4n) is 2.32. The molecule has 1 fully saturated rings. The van der Waals surface area contributed by atoms with Crippen molar-refractivity contribution in [1.82, 2.24) is 14.8 Å². The van der Waals surface area contributed by atoms with Crippen LogP contribution in [0.1, 0.15) is 17.3 Å². The second-order valence-electron chi connectivity index (χ2n) is 5.69. The predicted octanol–water partition coefficient (Wildman–Crippen LogP) is 1.10. The third-order valence-electron chi connectivity index (χ3n) is 4.14. The van der Waals surface area contributed by atoms with E-state index in [4.69, 9.17) is 5.73 Å². The summed E-state index contributed by atoms with van der Waals surface area (Å²) in [6.45, 7) is 6.32. The molecule has 6 nitrogen and oxygen atoms in total.